The van der Waals surface area contributed by atoms with E-state index in [0.29, 0.717) is 40.9 Å². The molecule has 1 N–H and O–H groups in total. The number of nitrogens with zero attached hydrogens (tertiary/aromatic N) is 1. The number of nitrogens with one attached hydrogen (secondary N) is 1. The smallest absolute Gasteiger partial charge is 0.491 e. The average molecular weight is 581 g/mol. The van der Waals surface area contributed by atoms with E-state index in [1.54, 1.807) is 13.2 Å². The lowest BCUT2D eigenvalue weighted by Gasteiger charge is -2.39. The first kappa shape index (κ1) is 33.6. The van der Waals surface area contributed by atoms with Crippen molar-refractivity contribution in [1.29, 1.82) is 0 Å². The lowest BCUT2D eigenvalue weighted by atomic mass is 9.76. The van der Waals surface area contributed by atoms with Gasteiger partial charge in [0.05, 0.1) is 23.9 Å². The zero-order valence-electron chi connectivity index (χ0n) is 27.6. The Hall–Kier alpha value is -2.88. The minimum absolute atomic E-state index is 0.250. The Labute approximate surface area is 252 Å². The summed E-state index contributed by atoms with van der Waals surface area (Å²) in [5, 5.41) is 1.50. The van der Waals surface area contributed by atoms with E-state index in [2.05, 4.69) is 26.2 Å². The van der Waals surface area contributed by atoms with Crippen LogP contribution in [0.4, 0.5) is 0 Å². The summed E-state index contributed by atoms with van der Waals surface area (Å²) in [5.74, 6) is -0.141. The van der Waals surface area contributed by atoms with Crippen LogP contribution in [0.3, 0.4) is 0 Å². The number of benzene rings is 2. The van der Waals surface area contributed by atoms with Crippen LogP contribution in [-0.2, 0) is 14.0 Å². The summed E-state index contributed by atoms with van der Waals surface area (Å²) in [7, 11) is 0.937. The van der Waals surface area contributed by atoms with Crippen molar-refractivity contribution in [2.45, 2.75) is 99.8 Å². The Morgan fingerprint density at radius 3 is 2.05 bits per heavy atom. The van der Waals surface area contributed by atoms with E-state index in [4.69, 9.17) is 18.8 Å². The van der Waals surface area contributed by atoms with Crippen molar-refractivity contribution in [2.24, 2.45) is 5.41 Å². The van der Waals surface area contributed by atoms with Gasteiger partial charge in [0, 0.05) is 29.3 Å². The first-order valence-electron chi connectivity index (χ1n) is 14.8. The highest BCUT2D eigenvalue weighted by Gasteiger charge is 2.52. The molecule has 1 fully saturated rings. The van der Waals surface area contributed by atoms with Gasteiger partial charge < -0.3 is 18.8 Å². The number of hydrazine groups is 1. The molecule has 3 rings (SSSR count). The first-order valence-corrected chi connectivity index (χ1v) is 14.8. The fourth-order valence-electron chi connectivity index (χ4n) is 5.39. The summed E-state index contributed by atoms with van der Waals surface area (Å²) < 4.78 is 24.0. The van der Waals surface area contributed by atoms with Gasteiger partial charge in [0.25, 0.3) is 11.8 Å². The molecule has 0 bridgehead atoms. The summed E-state index contributed by atoms with van der Waals surface area (Å²) >= 11 is 0. The van der Waals surface area contributed by atoms with Crippen LogP contribution >= 0.6 is 0 Å². The monoisotopic (exact) mass is 580 g/mol. The number of ether oxygens (including phenoxy) is 2. The highest BCUT2D eigenvalue weighted by molar-refractivity contribution is 6.63. The molecule has 0 aromatic heterocycles. The molecule has 0 spiro atoms. The van der Waals surface area contributed by atoms with Gasteiger partial charge in [-0.15, -0.1) is 0 Å². The normalized spacial score (nSPS) is 16.7. The molecule has 0 aliphatic carbocycles. The van der Waals surface area contributed by atoms with Gasteiger partial charge in [-0.05, 0) is 78.5 Å². The number of hydrogen-bond donors (Lipinski definition) is 1. The molecule has 42 heavy (non-hydrogen) atoms. The van der Waals surface area contributed by atoms with Gasteiger partial charge >= 0.3 is 7.12 Å². The van der Waals surface area contributed by atoms with Crippen LogP contribution in [0, 0.1) is 26.2 Å². The van der Waals surface area contributed by atoms with Gasteiger partial charge in [0.2, 0.25) is 0 Å². The molecule has 1 atom stereocenters. The molecule has 2 aromatic rings. The van der Waals surface area contributed by atoms with Gasteiger partial charge in [-0.1, -0.05) is 51.0 Å². The van der Waals surface area contributed by atoms with Gasteiger partial charge in [0.15, 0.2) is 0 Å². The summed E-state index contributed by atoms with van der Waals surface area (Å²) in [6.45, 7) is 22.6. The molecule has 8 nitrogen and oxygen atoms in total. The molecule has 1 aliphatic rings. The van der Waals surface area contributed by atoms with Crippen molar-refractivity contribution < 1.29 is 28.4 Å². The minimum atomic E-state index is -0.670. The van der Waals surface area contributed by atoms with Crippen LogP contribution < -0.4 is 15.6 Å². The number of carbonyl (C=O) groups is 2. The molecule has 0 radical (unpaired) electrons. The zero-order chi connectivity index (χ0) is 31.6. The van der Waals surface area contributed by atoms with Gasteiger partial charge in [0.1, 0.15) is 12.4 Å². The quantitative estimate of drug-likeness (QED) is 0.238. The lowest BCUT2D eigenvalue weighted by molar-refractivity contribution is 0.00578. The largest absolute Gasteiger partial charge is 0.498 e. The highest BCUT2D eigenvalue weighted by atomic mass is 16.7. The van der Waals surface area contributed by atoms with Crippen molar-refractivity contribution in [3.63, 3.8) is 0 Å². The van der Waals surface area contributed by atoms with E-state index in [-0.39, 0.29) is 24.0 Å². The second kappa shape index (κ2) is 12.8. The lowest BCUT2D eigenvalue weighted by Crippen LogP contribution is -2.56. The van der Waals surface area contributed by atoms with E-state index >= 15 is 0 Å². The van der Waals surface area contributed by atoms with E-state index in [1.807, 2.05) is 79.7 Å². The second-order valence-electron chi connectivity index (χ2n) is 13.4. The topological polar surface area (TPSA) is 86.3 Å². The van der Waals surface area contributed by atoms with Crippen LogP contribution in [0.25, 0.3) is 0 Å². The van der Waals surface area contributed by atoms with Crippen molar-refractivity contribution in [1.82, 2.24) is 10.4 Å². The molecule has 0 unspecified atom stereocenters. The maximum absolute atomic E-state index is 14.0. The predicted molar refractivity (Wildman–Crippen MR) is 167 cm³/mol. The van der Waals surface area contributed by atoms with Crippen LogP contribution in [0.2, 0.25) is 0 Å². The molecule has 2 amide bonds. The first-order chi connectivity index (χ1) is 19.4. The van der Waals surface area contributed by atoms with Gasteiger partial charge in [-0.2, -0.15) is 0 Å². The Bertz CT molecular complexity index is 1260. The van der Waals surface area contributed by atoms with Crippen molar-refractivity contribution in [2.75, 3.05) is 20.3 Å². The average Bonchev–Trinajstić information content (AvgIpc) is 3.09. The summed E-state index contributed by atoms with van der Waals surface area (Å²) in [6.07, 6.45) is 0.658. The molecule has 1 heterocycles. The minimum Gasteiger partial charge on any atom is -0.491 e. The Balaban J connectivity index is 2.04. The molecule has 2 aromatic carbocycles. The summed E-state index contributed by atoms with van der Waals surface area (Å²) in [4.78, 5) is 27.9. The second-order valence-corrected chi connectivity index (χ2v) is 13.4. The van der Waals surface area contributed by atoms with Crippen LogP contribution in [-0.4, -0.2) is 61.5 Å². The van der Waals surface area contributed by atoms with Crippen molar-refractivity contribution >= 4 is 24.4 Å². The van der Waals surface area contributed by atoms with Gasteiger partial charge in [-0.25, -0.2) is 5.01 Å². The van der Waals surface area contributed by atoms with Crippen molar-refractivity contribution in [3.05, 3.63) is 58.1 Å². The standard InChI is InChI=1S/C33H49BN2O6/c1-13-27(31(5,6)7)36(30(38)24-19-21(2)18-22(3)20-24)35-29(37)25-14-15-26(28(23(25)4)40-17-16-39-12)34-41-32(8,9)33(10,11)42-34/h14-15,18-20,27H,13,16-17H2,1-12H3,(H,35,37)/t27-/m1/s1. The number of hydrogen-bond acceptors (Lipinski definition) is 6. The Morgan fingerprint density at radius 2 is 1.55 bits per heavy atom. The van der Waals surface area contributed by atoms with Crippen LogP contribution in [0.5, 0.6) is 5.75 Å². The third kappa shape index (κ3) is 7.18. The fourth-order valence-corrected chi connectivity index (χ4v) is 5.39. The van der Waals surface area contributed by atoms with E-state index < -0.39 is 24.2 Å². The summed E-state index contributed by atoms with van der Waals surface area (Å²) in [5.41, 5.74) is 5.83. The molecule has 230 valence electrons. The van der Waals surface area contributed by atoms with E-state index in [1.165, 1.54) is 5.01 Å². The maximum Gasteiger partial charge on any atom is 0.498 e. The Kier molecular flexibility index (Phi) is 10.2. The van der Waals surface area contributed by atoms with E-state index in [0.717, 1.165) is 11.1 Å². The number of amides is 2. The SMILES string of the molecule is CC[C@@H](N(NC(=O)c1ccc(B2OC(C)(C)C(C)(C)O2)c(OCCOC)c1C)C(=O)c1cc(C)cc(C)c1)C(C)(C)C. The molecule has 1 aliphatic heterocycles. The van der Waals surface area contributed by atoms with Crippen molar-refractivity contribution in [3.8, 4) is 5.75 Å². The highest BCUT2D eigenvalue weighted by Crippen LogP contribution is 2.38. The van der Waals surface area contributed by atoms with E-state index in [9.17, 15) is 9.59 Å². The molecular formula is C33H49BN2O6. The number of rotatable bonds is 9. The Morgan fingerprint density at radius 1 is 0.976 bits per heavy atom. The zero-order valence-corrected chi connectivity index (χ0v) is 27.6. The molecule has 1 saturated heterocycles. The van der Waals surface area contributed by atoms with Crippen LogP contribution in [0.1, 0.15) is 99.2 Å². The number of aryl methyl sites for hydroxylation is 2. The number of carbonyl (C=O) groups excluding carboxylic acids is 2. The third-order valence-corrected chi connectivity index (χ3v) is 8.33. The molecule has 9 heteroatoms. The maximum atomic E-state index is 14.0. The third-order valence-electron chi connectivity index (χ3n) is 8.33. The molecular weight excluding hydrogens is 531 g/mol. The van der Waals surface area contributed by atoms with Crippen LogP contribution in [0.15, 0.2) is 30.3 Å². The predicted octanol–water partition coefficient (Wildman–Crippen LogP) is 5.55. The fraction of sp³-hybridized carbons (Fsp3) is 0.576. The van der Waals surface area contributed by atoms with Gasteiger partial charge in [-0.3, -0.25) is 15.0 Å². The number of methoxy groups -OCH3 is 1. The summed E-state index contributed by atoms with van der Waals surface area (Å²) in [6, 6.07) is 9.04. The molecule has 0 saturated carbocycles.